The van der Waals surface area contributed by atoms with Crippen LogP contribution in [0.2, 0.25) is 0 Å². The zero-order valence-corrected chi connectivity index (χ0v) is 11.2. The van der Waals surface area contributed by atoms with E-state index in [1.807, 2.05) is 7.05 Å². The van der Waals surface area contributed by atoms with Gasteiger partial charge in [-0.05, 0) is 0 Å². The number of nitrogens with zero attached hydrogens (tertiary/aromatic N) is 3. The number of aromatic amines is 1. The van der Waals surface area contributed by atoms with Crippen molar-refractivity contribution in [2.24, 2.45) is 0 Å². The summed E-state index contributed by atoms with van der Waals surface area (Å²) in [5.74, 6) is 0.771. The third-order valence-electron chi connectivity index (χ3n) is 2.53. The predicted octanol–water partition coefficient (Wildman–Crippen LogP) is -2.35. The van der Waals surface area contributed by atoms with Crippen LogP contribution in [0.1, 0.15) is 0 Å². The highest BCUT2D eigenvalue weighted by Crippen LogP contribution is 2.12. The molecule has 2 rings (SSSR count). The molecule has 10 nitrogen and oxygen atoms in total. The number of aliphatic hydroxyl groups excluding tert-OH is 4. The second-order valence-corrected chi connectivity index (χ2v) is 3.94. The van der Waals surface area contributed by atoms with Gasteiger partial charge in [0, 0.05) is 7.05 Å². The van der Waals surface area contributed by atoms with Gasteiger partial charge in [0.05, 0.1) is 12.9 Å². The van der Waals surface area contributed by atoms with Crippen LogP contribution in [0.15, 0.2) is 12.7 Å². The quantitative estimate of drug-likeness (QED) is 0.332. The van der Waals surface area contributed by atoms with Gasteiger partial charge in [-0.3, -0.25) is 0 Å². The third kappa shape index (κ3) is 4.43. The molecule has 3 atom stereocenters. The Morgan fingerprint density at radius 1 is 1.33 bits per heavy atom. The summed E-state index contributed by atoms with van der Waals surface area (Å²) >= 11 is 0. The van der Waals surface area contributed by atoms with Crippen molar-refractivity contribution in [2.45, 2.75) is 18.3 Å². The summed E-state index contributed by atoms with van der Waals surface area (Å²) in [7, 11) is 1.81. The first kappa shape index (κ1) is 16.9. The number of hydrogen-bond donors (Lipinski definition) is 6. The van der Waals surface area contributed by atoms with E-state index in [0.717, 1.165) is 11.3 Å². The number of imidazole rings is 1. The molecule has 0 aliphatic rings. The number of aliphatic hydroxyl groups is 4. The number of aromatic nitrogens is 4. The number of carbonyl (C=O) groups excluding carboxylic acids is 1. The van der Waals surface area contributed by atoms with Crippen LogP contribution in [0.5, 0.6) is 0 Å². The van der Waals surface area contributed by atoms with E-state index in [0.29, 0.717) is 5.65 Å². The van der Waals surface area contributed by atoms with Crippen molar-refractivity contribution in [3.05, 3.63) is 12.7 Å². The Morgan fingerprint density at radius 3 is 2.62 bits per heavy atom. The molecule has 0 fully saturated rings. The minimum atomic E-state index is -1.64. The molecule has 0 amide bonds. The second-order valence-electron chi connectivity index (χ2n) is 3.94. The van der Waals surface area contributed by atoms with Gasteiger partial charge in [0.1, 0.15) is 30.2 Å². The predicted molar refractivity (Wildman–Crippen MR) is 72.4 cm³/mol. The molecule has 2 heterocycles. The van der Waals surface area contributed by atoms with Crippen LogP contribution in [-0.4, -0.2) is 78.6 Å². The first-order valence-electron chi connectivity index (χ1n) is 5.97. The molecule has 116 valence electrons. The highest BCUT2D eigenvalue weighted by atomic mass is 16.4. The summed E-state index contributed by atoms with van der Waals surface area (Å²) in [6.07, 6.45) is -1.55. The lowest BCUT2D eigenvalue weighted by Crippen LogP contribution is -2.40. The van der Waals surface area contributed by atoms with Crippen LogP contribution in [0.3, 0.4) is 0 Å². The fraction of sp³-hybridized carbons (Fsp3) is 0.455. The average Bonchev–Trinajstić information content (AvgIpc) is 3.01. The summed E-state index contributed by atoms with van der Waals surface area (Å²) in [6, 6.07) is 0. The Morgan fingerprint density at radius 2 is 2.05 bits per heavy atom. The van der Waals surface area contributed by atoms with Crippen molar-refractivity contribution >= 4 is 23.3 Å². The number of hydrogen-bond acceptors (Lipinski definition) is 9. The van der Waals surface area contributed by atoms with E-state index in [9.17, 15) is 4.79 Å². The fourth-order valence-corrected chi connectivity index (χ4v) is 1.37. The molecule has 2 aromatic rings. The van der Waals surface area contributed by atoms with Crippen molar-refractivity contribution in [1.29, 1.82) is 0 Å². The topological polar surface area (TPSA) is 164 Å². The molecule has 0 radical (unpaired) electrons. The van der Waals surface area contributed by atoms with Crippen molar-refractivity contribution in [1.82, 2.24) is 19.9 Å². The van der Waals surface area contributed by atoms with E-state index in [1.54, 1.807) is 6.33 Å². The first-order valence-corrected chi connectivity index (χ1v) is 5.97. The molecule has 6 N–H and O–H groups in total. The van der Waals surface area contributed by atoms with Crippen molar-refractivity contribution < 1.29 is 25.2 Å². The molecule has 0 saturated heterocycles. The summed E-state index contributed by atoms with van der Waals surface area (Å²) in [5, 5.41) is 37.0. The summed E-state index contributed by atoms with van der Waals surface area (Å²) in [5.41, 5.74) is 1.53. The van der Waals surface area contributed by atoms with Gasteiger partial charge in [-0.2, -0.15) is 0 Å². The monoisotopic (exact) mass is 299 g/mol. The average molecular weight is 299 g/mol. The molecule has 2 aromatic heterocycles. The molecule has 3 unspecified atom stereocenters. The molecule has 0 aliphatic carbocycles. The van der Waals surface area contributed by atoms with Gasteiger partial charge >= 0.3 is 0 Å². The van der Waals surface area contributed by atoms with E-state index in [4.69, 9.17) is 20.4 Å². The lowest BCUT2D eigenvalue weighted by Gasteiger charge is -2.16. The van der Waals surface area contributed by atoms with Crippen LogP contribution in [0.4, 0.5) is 5.82 Å². The minimum absolute atomic E-state index is 0.0869. The molecular formula is C11H17N5O5. The first-order chi connectivity index (χ1) is 10.0. The van der Waals surface area contributed by atoms with Gasteiger partial charge in [0.25, 0.3) is 0 Å². The van der Waals surface area contributed by atoms with E-state index < -0.39 is 24.9 Å². The lowest BCUT2D eigenvalue weighted by molar-refractivity contribution is -0.127. The van der Waals surface area contributed by atoms with Gasteiger partial charge < -0.3 is 35.5 Å². The Labute approximate surface area is 119 Å². The molecule has 21 heavy (non-hydrogen) atoms. The fourth-order valence-electron chi connectivity index (χ4n) is 1.37. The summed E-state index contributed by atoms with van der Waals surface area (Å²) < 4.78 is 0. The number of anilines is 1. The van der Waals surface area contributed by atoms with Crippen molar-refractivity contribution in [2.75, 3.05) is 19.0 Å². The smallest absolute Gasteiger partial charge is 0.182 e. The number of rotatable bonds is 5. The van der Waals surface area contributed by atoms with Crippen molar-refractivity contribution in [3.8, 4) is 0 Å². The SMILES string of the molecule is CNc1ncnc2nc[nH]c12.O=CC(O)C(O)C(O)CO. The maximum Gasteiger partial charge on any atom is 0.182 e. The van der Waals surface area contributed by atoms with Crippen LogP contribution in [0.25, 0.3) is 11.2 Å². The zero-order valence-electron chi connectivity index (χ0n) is 11.2. The van der Waals surface area contributed by atoms with E-state index in [2.05, 4.69) is 25.3 Å². The normalized spacial score (nSPS) is 14.7. The molecule has 0 aromatic carbocycles. The van der Waals surface area contributed by atoms with E-state index >= 15 is 0 Å². The zero-order chi connectivity index (χ0) is 15.8. The molecular weight excluding hydrogens is 282 g/mol. The Hall–Kier alpha value is -2.14. The van der Waals surface area contributed by atoms with E-state index in [1.165, 1.54) is 6.33 Å². The lowest BCUT2D eigenvalue weighted by atomic mass is 10.1. The van der Waals surface area contributed by atoms with Gasteiger partial charge in [-0.25, -0.2) is 15.0 Å². The van der Waals surface area contributed by atoms with Crippen molar-refractivity contribution in [3.63, 3.8) is 0 Å². The number of fused-ring (bicyclic) bond motifs is 1. The second kappa shape index (κ2) is 8.21. The molecule has 0 bridgehead atoms. The Bertz CT molecular complexity index is 563. The standard InChI is InChI=1S/C6H7N5.C5H10O5/c1-7-5-4-6(10-2-8-4)11-3-9-5;6-1-3(8)5(10)4(9)2-7/h2-3H,1H3,(H2,7,8,9,10,11);1,3-5,7-10H,2H2. The number of aldehydes is 1. The third-order valence-corrected chi connectivity index (χ3v) is 2.53. The van der Waals surface area contributed by atoms with Crippen LogP contribution >= 0.6 is 0 Å². The van der Waals surface area contributed by atoms with Gasteiger partial charge in [-0.15, -0.1) is 0 Å². The number of nitrogens with one attached hydrogen (secondary N) is 2. The van der Waals surface area contributed by atoms with Crippen LogP contribution < -0.4 is 5.32 Å². The highest BCUT2D eigenvalue weighted by molar-refractivity contribution is 5.81. The minimum Gasteiger partial charge on any atom is -0.394 e. The summed E-state index contributed by atoms with van der Waals surface area (Å²) in [4.78, 5) is 24.6. The summed E-state index contributed by atoms with van der Waals surface area (Å²) in [6.45, 7) is -0.688. The molecule has 0 spiro atoms. The van der Waals surface area contributed by atoms with Gasteiger partial charge in [0.2, 0.25) is 0 Å². The Balaban J connectivity index is 0.000000212. The maximum absolute atomic E-state index is 9.76. The molecule has 0 saturated carbocycles. The van der Waals surface area contributed by atoms with Gasteiger partial charge in [-0.1, -0.05) is 0 Å². The highest BCUT2D eigenvalue weighted by Gasteiger charge is 2.22. The molecule has 10 heteroatoms. The maximum atomic E-state index is 9.76. The van der Waals surface area contributed by atoms with Crippen LogP contribution in [0, 0.1) is 0 Å². The van der Waals surface area contributed by atoms with Crippen LogP contribution in [-0.2, 0) is 4.79 Å². The van der Waals surface area contributed by atoms with E-state index in [-0.39, 0.29) is 6.29 Å². The number of H-pyrrole nitrogens is 1. The Kier molecular flexibility index (Phi) is 6.62. The number of carbonyl (C=O) groups is 1. The molecule has 0 aliphatic heterocycles. The van der Waals surface area contributed by atoms with Gasteiger partial charge in [0.15, 0.2) is 17.8 Å². The largest absolute Gasteiger partial charge is 0.394 e.